The molecular weight excluding hydrogens is 322 g/mol. The number of rotatable bonds is 4. The number of nitro groups is 1. The highest BCUT2D eigenvalue weighted by atomic mass is 16.6. The Morgan fingerprint density at radius 1 is 1.20 bits per heavy atom. The lowest BCUT2D eigenvalue weighted by Gasteiger charge is -2.34. The number of amides is 1. The molecule has 132 valence electrons. The molecule has 1 saturated heterocycles. The van der Waals surface area contributed by atoms with Crippen molar-refractivity contribution < 1.29 is 9.72 Å². The maximum Gasteiger partial charge on any atom is 0.269 e. The van der Waals surface area contributed by atoms with E-state index in [-0.39, 0.29) is 11.6 Å². The number of nitro benzene ring substituents is 1. The number of non-ortho nitro benzene ring substituents is 1. The lowest BCUT2D eigenvalue weighted by atomic mass is 10.1. The Hall–Kier alpha value is -2.74. The maximum atomic E-state index is 12.5. The standard InChI is InChI=1S/C17H21N5O3/c1-13-15(11-18-19(13)2)12-20-7-9-21(10-8-20)17(23)14-3-5-16(6-4-14)22(24)25/h3-6,11H,7-10,12H2,1-2H3. The first-order valence-electron chi connectivity index (χ1n) is 8.19. The van der Waals surface area contributed by atoms with Crippen molar-refractivity contribution in [2.45, 2.75) is 13.5 Å². The summed E-state index contributed by atoms with van der Waals surface area (Å²) >= 11 is 0. The number of carbonyl (C=O) groups is 1. The number of hydrogen-bond acceptors (Lipinski definition) is 5. The van der Waals surface area contributed by atoms with Crippen molar-refractivity contribution >= 4 is 11.6 Å². The zero-order chi connectivity index (χ0) is 18.0. The van der Waals surface area contributed by atoms with Crippen molar-refractivity contribution in [3.63, 3.8) is 0 Å². The molecule has 8 nitrogen and oxygen atoms in total. The third kappa shape index (κ3) is 3.69. The number of benzene rings is 1. The summed E-state index contributed by atoms with van der Waals surface area (Å²) in [7, 11) is 1.93. The summed E-state index contributed by atoms with van der Waals surface area (Å²) in [5.41, 5.74) is 2.84. The van der Waals surface area contributed by atoms with E-state index in [1.54, 1.807) is 4.90 Å². The van der Waals surface area contributed by atoms with Crippen molar-refractivity contribution in [1.29, 1.82) is 0 Å². The highest BCUT2D eigenvalue weighted by Crippen LogP contribution is 2.16. The average molecular weight is 343 g/mol. The highest BCUT2D eigenvalue weighted by molar-refractivity contribution is 5.94. The van der Waals surface area contributed by atoms with Gasteiger partial charge in [0.1, 0.15) is 0 Å². The monoisotopic (exact) mass is 343 g/mol. The molecular formula is C17H21N5O3. The van der Waals surface area contributed by atoms with Crippen molar-refractivity contribution in [3.05, 3.63) is 57.4 Å². The second-order valence-electron chi connectivity index (χ2n) is 6.25. The maximum absolute atomic E-state index is 12.5. The van der Waals surface area contributed by atoms with Crippen molar-refractivity contribution in [2.24, 2.45) is 7.05 Å². The van der Waals surface area contributed by atoms with Gasteiger partial charge in [-0.05, 0) is 19.1 Å². The summed E-state index contributed by atoms with van der Waals surface area (Å²) in [4.78, 5) is 26.9. The lowest BCUT2D eigenvalue weighted by molar-refractivity contribution is -0.384. The molecule has 0 spiro atoms. The summed E-state index contributed by atoms with van der Waals surface area (Å²) in [6.07, 6.45) is 1.89. The van der Waals surface area contributed by atoms with E-state index < -0.39 is 4.92 Å². The van der Waals surface area contributed by atoms with E-state index in [1.165, 1.54) is 29.8 Å². The summed E-state index contributed by atoms with van der Waals surface area (Å²) < 4.78 is 1.86. The minimum atomic E-state index is -0.465. The smallest absolute Gasteiger partial charge is 0.269 e. The number of piperazine rings is 1. The normalized spacial score (nSPS) is 15.4. The number of hydrogen-bond donors (Lipinski definition) is 0. The van der Waals surface area contributed by atoms with Gasteiger partial charge >= 0.3 is 0 Å². The molecule has 0 unspecified atom stereocenters. The van der Waals surface area contributed by atoms with Crippen molar-refractivity contribution in [1.82, 2.24) is 19.6 Å². The number of aryl methyl sites for hydroxylation is 1. The van der Waals surface area contributed by atoms with Gasteiger partial charge in [-0.2, -0.15) is 5.10 Å². The largest absolute Gasteiger partial charge is 0.336 e. The molecule has 2 aromatic rings. The molecule has 25 heavy (non-hydrogen) atoms. The fourth-order valence-corrected chi connectivity index (χ4v) is 2.96. The predicted molar refractivity (Wildman–Crippen MR) is 92.2 cm³/mol. The molecule has 3 rings (SSSR count). The van der Waals surface area contributed by atoms with E-state index in [0.29, 0.717) is 18.7 Å². The average Bonchev–Trinajstić information content (AvgIpc) is 2.94. The second-order valence-corrected chi connectivity index (χ2v) is 6.25. The summed E-state index contributed by atoms with van der Waals surface area (Å²) in [6.45, 7) is 5.78. The van der Waals surface area contributed by atoms with E-state index in [2.05, 4.69) is 16.9 Å². The number of nitrogens with zero attached hydrogens (tertiary/aromatic N) is 5. The van der Waals surface area contributed by atoms with Crippen LogP contribution < -0.4 is 0 Å². The first-order chi connectivity index (χ1) is 12.0. The first kappa shape index (κ1) is 17.1. The van der Waals surface area contributed by atoms with E-state index in [0.717, 1.165) is 25.3 Å². The fourth-order valence-electron chi connectivity index (χ4n) is 2.96. The molecule has 1 aliphatic heterocycles. The van der Waals surface area contributed by atoms with Gasteiger partial charge in [-0.15, -0.1) is 0 Å². The highest BCUT2D eigenvalue weighted by Gasteiger charge is 2.23. The van der Waals surface area contributed by atoms with Crippen LogP contribution in [0.5, 0.6) is 0 Å². The van der Waals surface area contributed by atoms with Gasteiger partial charge in [0.2, 0.25) is 0 Å². The van der Waals surface area contributed by atoms with E-state index in [4.69, 9.17) is 0 Å². The lowest BCUT2D eigenvalue weighted by Crippen LogP contribution is -2.48. The van der Waals surface area contributed by atoms with Gasteiger partial charge in [0.25, 0.3) is 11.6 Å². The molecule has 8 heteroatoms. The molecule has 0 N–H and O–H groups in total. The van der Waals surface area contributed by atoms with Crippen LogP contribution in [-0.2, 0) is 13.6 Å². The minimum Gasteiger partial charge on any atom is -0.336 e. The van der Waals surface area contributed by atoms with Gasteiger partial charge in [-0.3, -0.25) is 24.5 Å². The SMILES string of the molecule is Cc1c(CN2CCN(C(=O)c3ccc([N+](=O)[O-])cc3)CC2)cnn1C. The van der Waals surface area contributed by atoms with Gasteiger partial charge in [-0.25, -0.2) is 0 Å². The zero-order valence-electron chi connectivity index (χ0n) is 14.4. The van der Waals surface area contributed by atoms with Crippen LogP contribution in [0.1, 0.15) is 21.6 Å². The molecule has 0 saturated carbocycles. The molecule has 1 aliphatic rings. The third-order valence-electron chi connectivity index (χ3n) is 4.72. The first-order valence-corrected chi connectivity index (χ1v) is 8.19. The summed E-state index contributed by atoms with van der Waals surface area (Å²) in [5.74, 6) is -0.0768. The molecule has 0 aliphatic carbocycles. The topological polar surface area (TPSA) is 84.5 Å². The molecule has 2 heterocycles. The summed E-state index contributed by atoms with van der Waals surface area (Å²) in [5, 5.41) is 15.0. The van der Waals surface area contributed by atoms with Crippen LogP contribution in [0.15, 0.2) is 30.5 Å². The third-order valence-corrected chi connectivity index (χ3v) is 4.72. The van der Waals surface area contributed by atoms with Crippen LogP contribution >= 0.6 is 0 Å². The zero-order valence-corrected chi connectivity index (χ0v) is 14.4. The number of aromatic nitrogens is 2. The summed E-state index contributed by atoms with van der Waals surface area (Å²) in [6, 6.07) is 5.78. The Bertz CT molecular complexity index is 776. The van der Waals surface area contributed by atoms with Crippen LogP contribution in [0.2, 0.25) is 0 Å². The Balaban J connectivity index is 1.57. The van der Waals surface area contributed by atoms with Crippen LogP contribution in [0.3, 0.4) is 0 Å². The molecule has 1 aromatic carbocycles. The molecule has 0 atom stereocenters. The van der Waals surface area contributed by atoms with E-state index in [9.17, 15) is 14.9 Å². The van der Waals surface area contributed by atoms with Crippen LogP contribution in [0.25, 0.3) is 0 Å². The van der Waals surface area contributed by atoms with Crippen LogP contribution in [0.4, 0.5) is 5.69 Å². The van der Waals surface area contributed by atoms with Gasteiger partial charge < -0.3 is 4.90 Å². The Morgan fingerprint density at radius 3 is 2.36 bits per heavy atom. The molecule has 1 fully saturated rings. The number of carbonyl (C=O) groups excluding carboxylic acids is 1. The molecule has 1 aromatic heterocycles. The van der Waals surface area contributed by atoms with Crippen LogP contribution in [-0.4, -0.2) is 56.6 Å². The minimum absolute atomic E-state index is 0.00629. The van der Waals surface area contributed by atoms with E-state index >= 15 is 0 Å². The van der Waals surface area contributed by atoms with Crippen LogP contribution in [0, 0.1) is 17.0 Å². The van der Waals surface area contributed by atoms with Gasteiger partial charge in [0.05, 0.1) is 11.1 Å². The quantitative estimate of drug-likeness (QED) is 0.622. The van der Waals surface area contributed by atoms with Gasteiger partial charge in [-0.1, -0.05) is 0 Å². The molecule has 0 radical (unpaired) electrons. The molecule has 1 amide bonds. The van der Waals surface area contributed by atoms with Crippen molar-refractivity contribution in [3.8, 4) is 0 Å². The van der Waals surface area contributed by atoms with Gasteiger partial charge in [0.15, 0.2) is 0 Å². The molecule has 0 bridgehead atoms. The Kier molecular flexibility index (Phi) is 4.80. The Labute approximate surface area is 145 Å². The fraction of sp³-hybridized carbons (Fsp3) is 0.412. The van der Waals surface area contributed by atoms with E-state index in [1.807, 2.05) is 17.9 Å². The van der Waals surface area contributed by atoms with Crippen molar-refractivity contribution in [2.75, 3.05) is 26.2 Å². The predicted octanol–water partition coefficient (Wildman–Crippen LogP) is 1.59. The Morgan fingerprint density at radius 2 is 1.84 bits per heavy atom. The van der Waals surface area contributed by atoms with Gasteiger partial charge in [0, 0.05) is 68.7 Å². The second kappa shape index (κ2) is 7.02.